The number of carbonyl (C=O) groups excluding carboxylic acids is 2. The predicted molar refractivity (Wildman–Crippen MR) is 73.5 cm³/mol. The molecule has 2 aliphatic rings. The van der Waals surface area contributed by atoms with E-state index >= 15 is 0 Å². The van der Waals surface area contributed by atoms with Crippen molar-refractivity contribution in [1.82, 2.24) is 10.2 Å². The number of rotatable bonds is 3. The first-order chi connectivity index (χ1) is 8.57. The molecule has 0 aromatic rings. The first kappa shape index (κ1) is 13.7. The van der Waals surface area contributed by atoms with Gasteiger partial charge in [0.25, 0.3) is 0 Å². The van der Waals surface area contributed by atoms with E-state index in [1.54, 1.807) is 11.8 Å². The molecule has 1 heterocycles. The van der Waals surface area contributed by atoms with Crippen LogP contribution in [0.15, 0.2) is 0 Å². The maximum absolute atomic E-state index is 12.7. The van der Waals surface area contributed by atoms with E-state index in [2.05, 4.69) is 18.5 Å². The average molecular weight is 270 g/mol. The molecule has 0 aromatic heterocycles. The monoisotopic (exact) mass is 270 g/mol. The summed E-state index contributed by atoms with van der Waals surface area (Å²) in [6, 6.07) is 0. The van der Waals surface area contributed by atoms with Crippen molar-refractivity contribution < 1.29 is 9.59 Å². The molecule has 102 valence electrons. The third kappa shape index (κ3) is 2.66. The topological polar surface area (TPSA) is 49.4 Å². The Labute approximate surface area is 113 Å². The van der Waals surface area contributed by atoms with Gasteiger partial charge >= 0.3 is 0 Å². The summed E-state index contributed by atoms with van der Waals surface area (Å²) < 4.78 is 0. The van der Waals surface area contributed by atoms with E-state index in [-0.39, 0.29) is 11.8 Å². The van der Waals surface area contributed by atoms with E-state index in [1.165, 1.54) is 0 Å². The van der Waals surface area contributed by atoms with E-state index in [1.807, 2.05) is 4.90 Å². The zero-order valence-electron chi connectivity index (χ0n) is 11.2. The highest BCUT2D eigenvalue weighted by atomic mass is 32.2. The van der Waals surface area contributed by atoms with Gasteiger partial charge in [-0.05, 0) is 19.1 Å². The first-order valence-corrected chi connectivity index (χ1v) is 7.99. The van der Waals surface area contributed by atoms with E-state index < -0.39 is 5.54 Å². The normalized spacial score (nSPS) is 25.1. The van der Waals surface area contributed by atoms with Gasteiger partial charge in [0.2, 0.25) is 11.8 Å². The molecule has 5 heteroatoms. The van der Waals surface area contributed by atoms with Crippen LogP contribution in [0.25, 0.3) is 0 Å². The summed E-state index contributed by atoms with van der Waals surface area (Å²) in [6.45, 7) is 3.44. The van der Waals surface area contributed by atoms with Gasteiger partial charge in [0, 0.05) is 24.8 Å². The van der Waals surface area contributed by atoms with Crippen LogP contribution in [0.5, 0.6) is 0 Å². The molecule has 2 rings (SSSR count). The van der Waals surface area contributed by atoms with Crippen LogP contribution in [-0.2, 0) is 9.59 Å². The largest absolute Gasteiger partial charge is 0.342 e. The van der Waals surface area contributed by atoms with Crippen LogP contribution in [0, 0.1) is 0 Å². The third-order valence-corrected chi connectivity index (χ3v) is 4.97. The minimum Gasteiger partial charge on any atom is -0.342 e. The molecule has 1 aliphatic carbocycles. The van der Waals surface area contributed by atoms with Crippen LogP contribution in [0.1, 0.15) is 39.0 Å². The van der Waals surface area contributed by atoms with Crippen molar-refractivity contribution in [3.63, 3.8) is 0 Å². The number of nitrogens with one attached hydrogen (secondary N) is 1. The Kier molecular flexibility index (Phi) is 4.20. The van der Waals surface area contributed by atoms with Crippen molar-refractivity contribution in [2.45, 2.75) is 49.8 Å². The Morgan fingerprint density at radius 2 is 2.06 bits per heavy atom. The summed E-state index contributed by atoms with van der Waals surface area (Å²) in [4.78, 5) is 26.4. The fraction of sp³-hybridized carbons (Fsp3) is 0.846. The predicted octanol–water partition coefficient (Wildman–Crippen LogP) is 1.40. The van der Waals surface area contributed by atoms with Gasteiger partial charge in [-0.3, -0.25) is 9.59 Å². The second kappa shape index (κ2) is 5.51. The molecule has 1 saturated heterocycles. The molecule has 1 N–H and O–H groups in total. The molecule has 0 aromatic carbocycles. The van der Waals surface area contributed by atoms with Crippen LogP contribution in [0.3, 0.4) is 0 Å². The van der Waals surface area contributed by atoms with Gasteiger partial charge < -0.3 is 10.2 Å². The molecule has 4 nitrogen and oxygen atoms in total. The quantitative estimate of drug-likeness (QED) is 0.843. The molecule has 1 saturated carbocycles. The van der Waals surface area contributed by atoms with E-state index in [0.29, 0.717) is 18.2 Å². The van der Waals surface area contributed by atoms with Crippen molar-refractivity contribution in [2.24, 2.45) is 0 Å². The van der Waals surface area contributed by atoms with Crippen LogP contribution in [0.4, 0.5) is 0 Å². The molecular formula is C13H22N2O2S. The smallest absolute Gasteiger partial charge is 0.248 e. The molecular weight excluding hydrogens is 248 g/mol. The Bertz CT molecular complexity index is 340. The van der Waals surface area contributed by atoms with Gasteiger partial charge in [-0.25, -0.2) is 0 Å². The zero-order chi connectivity index (χ0) is 13.2. The summed E-state index contributed by atoms with van der Waals surface area (Å²) in [5.74, 6) is 0.177. The molecule has 0 bridgehead atoms. The summed E-state index contributed by atoms with van der Waals surface area (Å²) in [5, 5.41) is 3.41. The molecule has 0 radical (unpaired) electrons. The number of nitrogens with zero attached hydrogens (tertiary/aromatic N) is 1. The van der Waals surface area contributed by atoms with Crippen molar-refractivity contribution in [2.75, 3.05) is 19.3 Å². The summed E-state index contributed by atoms with van der Waals surface area (Å²) in [6.07, 6.45) is 6.19. The minimum atomic E-state index is -0.578. The number of hydrogen-bond donors (Lipinski definition) is 1. The summed E-state index contributed by atoms with van der Waals surface area (Å²) in [7, 11) is 0. The maximum atomic E-state index is 12.7. The SMILES string of the molecule is CSC(C)CN1CCC(=O)NC2(CCCC2)C1=O. The number of hydrogen-bond acceptors (Lipinski definition) is 3. The molecule has 1 spiro atoms. The molecule has 1 atom stereocenters. The highest BCUT2D eigenvalue weighted by Crippen LogP contribution is 2.33. The van der Waals surface area contributed by atoms with E-state index in [4.69, 9.17) is 0 Å². The fourth-order valence-electron chi connectivity index (χ4n) is 2.90. The van der Waals surface area contributed by atoms with Gasteiger partial charge in [-0.15, -0.1) is 0 Å². The maximum Gasteiger partial charge on any atom is 0.248 e. The minimum absolute atomic E-state index is 0.0320. The van der Waals surface area contributed by atoms with Crippen molar-refractivity contribution in [3.8, 4) is 0 Å². The van der Waals surface area contributed by atoms with Crippen molar-refractivity contribution in [1.29, 1.82) is 0 Å². The average Bonchev–Trinajstić information content (AvgIpc) is 2.78. The van der Waals surface area contributed by atoms with Gasteiger partial charge in [-0.2, -0.15) is 11.8 Å². The highest BCUT2D eigenvalue weighted by molar-refractivity contribution is 7.99. The van der Waals surface area contributed by atoms with Gasteiger partial charge in [0.1, 0.15) is 5.54 Å². The lowest BCUT2D eigenvalue weighted by Gasteiger charge is -2.32. The van der Waals surface area contributed by atoms with Crippen LogP contribution in [0.2, 0.25) is 0 Å². The lowest BCUT2D eigenvalue weighted by atomic mass is 9.96. The zero-order valence-corrected chi connectivity index (χ0v) is 12.0. The Morgan fingerprint density at radius 1 is 1.39 bits per heavy atom. The van der Waals surface area contributed by atoms with Gasteiger partial charge in [0.15, 0.2) is 0 Å². The lowest BCUT2D eigenvalue weighted by Crippen LogP contribution is -2.56. The second-order valence-electron chi connectivity index (χ2n) is 5.38. The number of thioether (sulfide) groups is 1. The molecule has 18 heavy (non-hydrogen) atoms. The summed E-state index contributed by atoms with van der Waals surface area (Å²) in [5.41, 5.74) is -0.578. The van der Waals surface area contributed by atoms with E-state index in [9.17, 15) is 9.59 Å². The summed E-state index contributed by atoms with van der Waals surface area (Å²) >= 11 is 1.76. The number of amides is 2. The molecule has 2 amide bonds. The van der Waals surface area contributed by atoms with E-state index in [0.717, 1.165) is 32.2 Å². The van der Waals surface area contributed by atoms with Crippen LogP contribution >= 0.6 is 11.8 Å². The lowest BCUT2D eigenvalue weighted by molar-refractivity contribution is -0.138. The number of carbonyl (C=O) groups is 2. The standard InChI is InChI=1S/C13H22N2O2S/c1-10(18-2)9-15-8-5-11(16)14-13(12(15)17)6-3-4-7-13/h10H,3-9H2,1-2H3,(H,14,16). The Hall–Kier alpha value is -0.710. The molecule has 1 unspecified atom stereocenters. The second-order valence-corrected chi connectivity index (χ2v) is 6.66. The van der Waals surface area contributed by atoms with Gasteiger partial charge in [0.05, 0.1) is 0 Å². The fourth-order valence-corrected chi connectivity index (χ4v) is 3.23. The molecule has 2 fully saturated rings. The Balaban J connectivity index is 2.15. The van der Waals surface area contributed by atoms with Gasteiger partial charge in [-0.1, -0.05) is 19.8 Å². The highest BCUT2D eigenvalue weighted by Gasteiger charge is 2.46. The van der Waals surface area contributed by atoms with Crippen LogP contribution < -0.4 is 5.32 Å². The van der Waals surface area contributed by atoms with Crippen molar-refractivity contribution >= 4 is 23.6 Å². The Morgan fingerprint density at radius 3 is 2.67 bits per heavy atom. The van der Waals surface area contributed by atoms with Crippen molar-refractivity contribution in [3.05, 3.63) is 0 Å². The molecule has 1 aliphatic heterocycles. The first-order valence-electron chi connectivity index (χ1n) is 6.70. The third-order valence-electron chi connectivity index (χ3n) is 4.02. The van der Waals surface area contributed by atoms with Crippen LogP contribution in [-0.4, -0.2) is 46.8 Å².